The molecule has 0 aromatic heterocycles. The number of nitrogens with zero attached hydrogens (tertiary/aromatic N) is 4. The van der Waals surface area contributed by atoms with E-state index in [1.165, 1.54) is 42.1 Å². The number of carbonyl (C=O) groups excluding carboxylic acids is 3. The van der Waals surface area contributed by atoms with Gasteiger partial charge in [0, 0.05) is 20.1 Å². The molecule has 1 N–H and O–H groups in total. The Bertz CT molecular complexity index is 1270. The van der Waals surface area contributed by atoms with Crippen molar-refractivity contribution < 1.29 is 27.9 Å². The Kier molecular flexibility index (Phi) is 9.08. The van der Waals surface area contributed by atoms with Gasteiger partial charge >= 0.3 is 6.03 Å². The van der Waals surface area contributed by atoms with Crippen molar-refractivity contribution >= 4 is 17.8 Å². The zero-order chi connectivity index (χ0) is 29.9. The third-order valence-electron chi connectivity index (χ3n) is 8.55. The maximum absolute atomic E-state index is 13.8. The van der Waals surface area contributed by atoms with Gasteiger partial charge in [0.15, 0.2) is 0 Å². The molecule has 42 heavy (non-hydrogen) atoms. The Morgan fingerprint density at radius 3 is 2.31 bits per heavy atom. The Morgan fingerprint density at radius 2 is 1.67 bits per heavy atom. The molecule has 11 heteroatoms. The van der Waals surface area contributed by atoms with Crippen LogP contribution in [0.1, 0.15) is 50.2 Å². The van der Waals surface area contributed by atoms with Crippen molar-refractivity contribution in [3.05, 3.63) is 71.3 Å². The molecule has 0 bridgehead atoms. The molecular formula is C31H39F2N5O4. The number of likely N-dealkylation sites (N-methyl/N-ethyl adjacent to an activating group) is 1. The van der Waals surface area contributed by atoms with Crippen molar-refractivity contribution in [2.24, 2.45) is 5.41 Å². The van der Waals surface area contributed by atoms with Crippen molar-refractivity contribution in [2.45, 2.75) is 64.4 Å². The molecule has 2 atom stereocenters. The second-order valence-corrected chi connectivity index (χ2v) is 11.9. The van der Waals surface area contributed by atoms with Crippen LogP contribution in [0.25, 0.3) is 0 Å². The van der Waals surface area contributed by atoms with E-state index in [2.05, 4.69) is 12.2 Å². The minimum Gasteiger partial charge on any atom is -0.375 e. The van der Waals surface area contributed by atoms with Crippen LogP contribution in [0, 0.1) is 17.0 Å². The van der Waals surface area contributed by atoms with E-state index in [1.807, 2.05) is 0 Å². The van der Waals surface area contributed by atoms with Gasteiger partial charge in [-0.15, -0.1) is 0 Å². The zero-order valence-electron chi connectivity index (χ0n) is 24.2. The monoisotopic (exact) mass is 583 g/mol. The number of carbonyl (C=O) groups is 3. The molecule has 2 aromatic rings. The predicted octanol–water partition coefficient (Wildman–Crippen LogP) is 3.89. The van der Waals surface area contributed by atoms with E-state index in [0.717, 1.165) is 24.0 Å². The second-order valence-electron chi connectivity index (χ2n) is 11.9. The quantitative estimate of drug-likeness (QED) is 0.406. The van der Waals surface area contributed by atoms with Gasteiger partial charge in [-0.2, -0.15) is 0 Å². The lowest BCUT2D eigenvalue weighted by atomic mass is 9.96. The number of benzene rings is 2. The molecule has 226 valence electrons. The summed E-state index contributed by atoms with van der Waals surface area (Å²) < 4.78 is 32.4. The Morgan fingerprint density at radius 1 is 1.02 bits per heavy atom. The topological polar surface area (TPSA) is 85.4 Å². The second kappa shape index (κ2) is 12.7. The number of fused-ring (bicyclic) bond motifs is 1. The van der Waals surface area contributed by atoms with Gasteiger partial charge in [-0.05, 0) is 66.5 Å². The zero-order valence-corrected chi connectivity index (χ0v) is 24.2. The molecule has 2 aromatic carbocycles. The molecule has 2 heterocycles. The Labute approximate surface area is 245 Å². The summed E-state index contributed by atoms with van der Waals surface area (Å²) in [5.74, 6) is -0.997. The first-order chi connectivity index (χ1) is 20.1. The number of urea groups is 1. The minimum absolute atomic E-state index is 0.0251. The molecule has 0 spiro atoms. The number of amides is 4. The number of piperazine rings is 1. The Balaban J connectivity index is 1.29. The summed E-state index contributed by atoms with van der Waals surface area (Å²) in [5, 5.41) is 5.98. The number of nitrogens with one attached hydrogen (secondary N) is 1. The van der Waals surface area contributed by atoms with Crippen LogP contribution in [0.15, 0.2) is 48.5 Å². The van der Waals surface area contributed by atoms with Gasteiger partial charge in [-0.3, -0.25) is 9.59 Å². The van der Waals surface area contributed by atoms with Crippen LogP contribution in [0.2, 0.25) is 0 Å². The highest BCUT2D eigenvalue weighted by atomic mass is 19.1. The molecule has 3 aliphatic rings. The molecule has 1 aliphatic carbocycles. The van der Waals surface area contributed by atoms with Crippen molar-refractivity contribution in [1.82, 2.24) is 25.1 Å². The van der Waals surface area contributed by atoms with Gasteiger partial charge < -0.3 is 19.9 Å². The third kappa shape index (κ3) is 7.07. The van der Waals surface area contributed by atoms with Crippen LogP contribution in [0.3, 0.4) is 0 Å². The largest absolute Gasteiger partial charge is 0.375 e. The van der Waals surface area contributed by atoms with E-state index in [9.17, 15) is 23.2 Å². The van der Waals surface area contributed by atoms with E-state index in [4.69, 9.17) is 4.74 Å². The average molecular weight is 584 g/mol. The first-order valence-electron chi connectivity index (χ1n) is 14.6. The molecule has 5 rings (SSSR count). The highest BCUT2D eigenvalue weighted by molar-refractivity contribution is 5.91. The van der Waals surface area contributed by atoms with Crippen molar-refractivity contribution in [2.75, 3.05) is 33.3 Å². The van der Waals surface area contributed by atoms with Gasteiger partial charge in [0.05, 0.1) is 26.3 Å². The predicted molar refractivity (Wildman–Crippen MR) is 151 cm³/mol. The summed E-state index contributed by atoms with van der Waals surface area (Å²) >= 11 is 0. The highest BCUT2D eigenvalue weighted by Gasteiger charge is 2.50. The van der Waals surface area contributed by atoms with E-state index in [1.54, 1.807) is 46.1 Å². The van der Waals surface area contributed by atoms with Gasteiger partial charge in [-0.25, -0.2) is 23.6 Å². The number of hydrazine groups is 1. The summed E-state index contributed by atoms with van der Waals surface area (Å²) in [7, 11) is 1.68. The Hall–Kier alpha value is -3.57. The fourth-order valence-electron chi connectivity index (χ4n) is 5.78. The molecule has 1 saturated carbocycles. The van der Waals surface area contributed by atoms with Crippen LogP contribution >= 0.6 is 0 Å². The van der Waals surface area contributed by atoms with Crippen LogP contribution in [-0.4, -0.2) is 83.2 Å². The maximum Gasteiger partial charge on any atom is 0.334 e. The van der Waals surface area contributed by atoms with Gasteiger partial charge in [-0.1, -0.05) is 37.6 Å². The van der Waals surface area contributed by atoms with Crippen LogP contribution in [0.5, 0.6) is 0 Å². The molecule has 9 nitrogen and oxygen atoms in total. The van der Waals surface area contributed by atoms with Crippen molar-refractivity contribution in [1.29, 1.82) is 0 Å². The lowest BCUT2D eigenvalue weighted by Gasteiger charge is -2.54. The average Bonchev–Trinajstić information content (AvgIpc) is 3.70. The number of ether oxygens (including phenoxy) is 1. The fourth-order valence-corrected chi connectivity index (χ4v) is 5.78. The van der Waals surface area contributed by atoms with Gasteiger partial charge in [0.1, 0.15) is 23.8 Å². The number of halogens is 2. The smallest absolute Gasteiger partial charge is 0.334 e. The van der Waals surface area contributed by atoms with E-state index in [0.29, 0.717) is 18.4 Å². The lowest BCUT2D eigenvalue weighted by Crippen LogP contribution is -2.76. The normalized spacial score (nSPS) is 21.9. The lowest BCUT2D eigenvalue weighted by molar-refractivity contribution is -0.188. The summed E-state index contributed by atoms with van der Waals surface area (Å²) in [6, 6.07) is 10.9. The number of rotatable bonds is 11. The first kappa shape index (κ1) is 29.9. The fraction of sp³-hybridized carbons (Fsp3) is 0.516. The summed E-state index contributed by atoms with van der Waals surface area (Å²) in [6.45, 7) is 3.38. The van der Waals surface area contributed by atoms with Crippen molar-refractivity contribution in [3.63, 3.8) is 0 Å². The van der Waals surface area contributed by atoms with E-state index >= 15 is 0 Å². The highest BCUT2D eigenvalue weighted by Crippen LogP contribution is 2.49. The summed E-state index contributed by atoms with van der Waals surface area (Å²) in [4.78, 5) is 43.9. The molecule has 2 saturated heterocycles. The van der Waals surface area contributed by atoms with E-state index in [-0.39, 0.29) is 56.3 Å². The molecular weight excluding hydrogens is 544 g/mol. The van der Waals surface area contributed by atoms with Crippen LogP contribution < -0.4 is 5.32 Å². The standard InChI is InChI=1S/C31H39F2N5O4/c1-31(14-15-31)13-3-4-26-29(40)36(16-17-42-21-23-7-11-25(33)12-8-23)19-27-37(26)28(39)20-35(2)38(27)30(41)34-18-22-5-9-24(32)10-6-22/h5-12,26-27H,3-4,13-21H2,1-2H3,(H,34,41)/t26-,27-/m0/s1. The summed E-state index contributed by atoms with van der Waals surface area (Å²) in [6.07, 6.45) is 4.01. The van der Waals surface area contributed by atoms with Gasteiger partial charge in [0.25, 0.3) is 0 Å². The molecule has 0 unspecified atom stereocenters. The SMILES string of the molecule is CN1CC(=O)N2[C@@H](CCCC3(C)CC3)C(=O)N(CCOCc3ccc(F)cc3)C[C@@H]2N1C(=O)NCc1ccc(F)cc1. The molecule has 0 radical (unpaired) electrons. The van der Waals surface area contributed by atoms with Gasteiger partial charge in [0.2, 0.25) is 11.8 Å². The maximum atomic E-state index is 13.8. The minimum atomic E-state index is -0.680. The number of hydrogen-bond donors (Lipinski definition) is 1. The number of hydrogen-bond acceptors (Lipinski definition) is 5. The molecule has 4 amide bonds. The molecule has 3 fully saturated rings. The van der Waals surface area contributed by atoms with Crippen molar-refractivity contribution in [3.8, 4) is 0 Å². The first-order valence-corrected chi connectivity index (χ1v) is 14.6. The van der Waals surface area contributed by atoms with E-state index < -0.39 is 18.2 Å². The summed E-state index contributed by atoms with van der Waals surface area (Å²) in [5.41, 5.74) is 1.88. The van der Waals surface area contributed by atoms with Crippen LogP contribution in [0.4, 0.5) is 13.6 Å². The molecule has 2 aliphatic heterocycles. The third-order valence-corrected chi connectivity index (χ3v) is 8.55. The van der Waals surface area contributed by atoms with Crippen LogP contribution in [-0.2, 0) is 27.5 Å².